The molecule has 1 amide bonds. The second kappa shape index (κ2) is 31.4. The number of aromatic nitrogens is 2. The lowest BCUT2D eigenvalue weighted by atomic mass is 10.0. The van der Waals surface area contributed by atoms with Crippen LogP contribution in [0.3, 0.4) is 0 Å². The summed E-state index contributed by atoms with van der Waals surface area (Å²) in [5.74, 6) is -3.76. The van der Waals surface area contributed by atoms with E-state index in [0.29, 0.717) is 12.8 Å². The average molecular weight is 821 g/mol. The molecule has 2 rings (SSSR count). The highest BCUT2D eigenvalue weighted by molar-refractivity contribution is 6.01. The fourth-order valence-electron chi connectivity index (χ4n) is 7.44. The minimum Gasteiger partial charge on any atom is -0.480 e. The summed E-state index contributed by atoms with van der Waals surface area (Å²) in [6.07, 6.45) is 27.8. The molecule has 5 N–H and O–H groups in total. The first-order chi connectivity index (χ1) is 28.1. The third kappa shape index (κ3) is 21.5. The first-order valence-corrected chi connectivity index (χ1v) is 22.7. The molecule has 1 aromatic heterocycles. The van der Waals surface area contributed by atoms with E-state index in [4.69, 9.17) is 19.9 Å². The number of rotatable bonds is 35. The largest absolute Gasteiger partial charge is 0.480 e. The molecule has 0 aromatic carbocycles. The highest BCUT2D eigenvalue weighted by Crippen LogP contribution is 2.32. The van der Waals surface area contributed by atoms with Gasteiger partial charge in [0.25, 0.3) is 5.56 Å². The molecule has 0 bridgehead atoms. The number of amides is 1. The summed E-state index contributed by atoms with van der Waals surface area (Å²) in [5.41, 5.74) is 4.04. The summed E-state index contributed by atoms with van der Waals surface area (Å²) in [7, 11) is 0. The molecule has 1 saturated heterocycles. The highest BCUT2D eigenvalue weighted by Gasteiger charge is 2.50. The number of carbonyl (C=O) groups excluding carboxylic acids is 3. The van der Waals surface area contributed by atoms with Crippen molar-refractivity contribution in [1.82, 2.24) is 14.9 Å². The molecular weight excluding hydrogens is 745 g/mol. The van der Waals surface area contributed by atoms with Crippen molar-refractivity contribution in [1.29, 1.82) is 0 Å². The van der Waals surface area contributed by atoms with Crippen LogP contribution in [0.5, 0.6) is 0 Å². The average Bonchev–Trinajstić information content (AvgIpc) is 3.52. The molecule has 332 valence electrons. The van der Waals surface area contributed by atoms with E-state index in [2.05, 4.69) is 24.1 Å². The van der Waals surface area contributed by atoms with E-state index in [1.54, 1.807) is 0 Å². The van der Waals surface area contributed by atoms with E-state index in [9.17, 15) is 33.9 Å². The first kappa shape index (κ1) is 50.6. The summed E-state index contributed by atoms with van der Waals surface area (Å²) in [6.45, 7) is 4.09. The zero-order chi connectivity index (χ0) is 42.4. The Labute approximate surface area is 346 Å². The predicted molar refractivity (Wildman–Crippen MR) is 224 cm³/mol. The predicted octanol–water partition coefficient (Wildman–Crippen LogP) is 7.75. The van der Waals surface area contributed by atoms with Crippen LogP contribution in [0.2, 0.25) is 0 Å². The van der Waals surface area contributed by atoms with Gasteiger partial charge in [0, 0.05) is 25.1 Å². The Morgan fingerprint density at radius 3 is 1.59 bits per heavy atom. The van der Waals surface area contributed by atoms with Crippen molar-refractivity contribution >= 4 is 23.8 Å². The summed E-state index contributed by atoms with van der Waals surface area (Å²) >= 11 is 0. The molecule has 5 atom stereocenters. The summed E-state index contributed by atoms with van der Waals surface area (Å²) in [5, 5.41) is 11.9. The molecule has 58 heavy (non-hydrogen) atoms. The maximum Gasteiger partial charge on any atom is 0.330 e. The number of nitrogens with zero attached hydrogens (tertiary/aromatic N) is 1. The monoisotopic (exact) mass is 821 g/mol. The number of ether oxygens (including phenoxy) is 3. The van der Waals surface area contributed by atoms with Crippen LogP contribution in [0.4, 0.5) is 0 Å². The number of nitrogens with two attached hydrogens (primary N) is 1. The molecule has 2 heterocycles. The Bertz CT molecular complexity index is 1410. The minimum atomic E-state index is -1.97. The van der Waals surface area contributed by atoms with Gasteiger partial charge >= 0.3 is 23.6 Å². The normalized spacial score (nSPS) is 18.2. The number of carboxylic acid groups (broad SMARTS) is 1. The summed E-state index contributed by atoms with van der Waals surface area (Å²) < 4.78 is 18.5. The van der Waals surface area contributed by atoms with Crippen LogP contribution < -0.4 is 22.3 Å². The zero-order valence-electron chi connectivity index (χ0n) is 35.7. The Kier molecular flexibility index (Phi) is 27.4. The van der Waals surface area contributed by atoms with Gasteiger partial charge in [-0.2, -0.15) is 0 Å². The van der Waals surface area contributed by atoms with E-state index in [0.717, 1.165) is 61.8 Å². The van der Waals surface area contributed by atoms with Crippen molar-refractivity contribution in [2.24, 2.45) is 5.73 Å². The Morgan fingerprint density at radius 1 is 0.724 bits per heavy atom. The van der Waals surface area contributed by atoms with Crippen LogP contribution >= 0.6 is 0 Å². The summed E-state index contributed by atoms with van der Waals surface area (Å²) in [4.78, 5) is 77.3. The fraction of sp³-hybridized carbons (Fsp3) is 0.818. The lowest BCUT2D eigenvalue weighted by molar-refractivity contribution is -0.159. The van der Waals surface area contributed by atoms with Crippen molar-refractivity contribution < 1.29 is 38.5 Å². The van der Waals surface area contributed by atoms with Gasteiger partial charge in [0.1, 0.15) is 18.8 Å². The number of nitrogens with one attached hydrogen (secondary N) is 2. The molecule has 1 fully saturated rings. The van der Waals surface area contributed by atoms with Gasteiger partial charge in [0.2, 0.25) is 5.91 Å². The van der Waals surface area contributed by atoms with Crippen LogP contribution in [0, 0.1) is 0 Å². The number of H-pyrrole nitrogens is 1. The van der Waals surface area contributed by atoms with Crippen molar-refractivity contribution in [2.75, 3.05) is 6.61 Å². The van der Waals surface area contributed by atoms with E-state index in [1.165, 1.54) is 109 Å². The smallest absolute Gasteiger partial charge is 0.330 e. The maximum atomic E-state index is 13.2. The molecule has 1 aliphatic heterocycles. The van der Waals surface area contributed by atoms with Gasteiger partial charge < -0.3 is 30.4 Å². The van der Waals surface area contributed by atoms with Gasteiger partial charge in [0.05, 0.1) is 0 Å². The van der Waals surface area contributed by atoms with Crippen molar-refractivity contribution in [2.45, 2.75) is 224 Å². The lowest BCUT2D eigenvalue weighted by Gasteiger charge is -2.26. The van der Waals surface area contributed by atoms with Gasteiger partial charge in [0.15, 0.2) is 18.4 Å². The molecule has 0 spiro atoms. The SMILES string of the molecule is CCCCCCCCCCCCCCCC(=O)OC[C@@H]1O[C@H](n2ccc(=O)[nH]c2=O)C(NC(=O)[C@@H](N)C(=O)O)C1OC(=O)CCCCCCCCCCCCCCC. The second-order valence-electron chi connectivity index (χ2n) is 16.1. The van der Waals surface area contributed by atoms with E-state index in [-0.39, 0.29) is 19.4 Å². The topological polar surface area (TPSA) is 209 Å². The molecule has 14 heteroatoms. The van der Waals surface area contributed by atoms with E-state index >= 15 is 0 Å². The number of carbonyl (C=O) groups is 4. The van der Waals surface area contributed by atoms with Crippen LogP contribution in [0.1, 0.15) is 200 Å². The van der Waals surface area contributed by atoms with Crippen molar-refractivity contribution in [3.63, 3.8) is 0 Å². The second-order valence-corrected chi connectivity index (χ2v) is 16.1. The Morgan fingerprint density at radius 2 is 1.16 bits per heavy atom. The van der Waals surface area contributed by atoms with Gasteiger partial charge in [-0.1, -0.05) is 168 Å². The number of aliphatic carboxylic acids is 1. The first-order valence-electron chi connectivity index (χ1n) is 22.7. The van der Waals surface area contributed by atoms with Crippen LogP contribution in [0.25, 0.3) is 0 Å². The Balaban J connectivity index is 1.94. The van der Waals surface area contributed by atoms with Crippen LogP contribution in [-0.4, -0.2) is 69.4 Å². The zero-order valence-corrected chi connectivity index (χ0v) is 35.7. The number of hydrogen-bond donors (Lipinski definition) is 4. The van der Waals surface area contributed by atoms with Gasteiger partial charge in [-0.3, -0.25) is 28.7 Å². The minimum absolute atomic E-state index is 0.0817. The molecule has 14 nitrogen and oxygen atoms in total. The van der Waals surface area contributed by atoms with E-state index in [1.807, 2.05) is 0 Å². The van der Waals surface area contributed by atoms with Gasteiger partial charge in [-0.15, -0.1) is 0 Å². The third-order valence-corrected chi connectivity index (χ3v) is 11.0. The van der Waals surface area contributed by atoms with Crippen molar-refractivity contribution in [3.05, 3.63) is 33.1 Å². The molecule has 2 unspecified atom stereocenters. The van der Waals surface area contributed by atoms with Crippen molar-refractivity contribution in [3.8, 4) is 0 Å². The lowest BCUT2D eigenvalue weighted by Crippen LogP contribution is -2.55. The number of esters is 2. The summed E-state index contributed by atoms with van der Waals surface area (Å²) in [6, 6.07) is -2.21. The third-order valence-electron chi connectivity index (χ3n) is 11.0. The molecule has 1 aromatic rings. The number of unbranched alkanes of at least 4 members (excludes halogenated alkanes) is 24. The standard InChI is InChI=1S/C44H76N4O10/c1-3-5-7-9-11-13-15-17-19-21-23-25-27-29-36(50)56-33-34-40(58-37(51)30-28-26-24-22-20-18-16-14-12-10-8-6-4-2)39(47-41(52)38(45)43(53)54)42(57-34)48-32-31-35(49)46-44(48)55/h31-32,34,38-40,42H,3-30,33,45H2,1-2H3,(H,47,52)(H,53,54)(H,46,49,55)/t34-,38+,39?,40?,42-/m0/s1. The highest BCUT2D eigenvalue weighted by atomic mass is 16.6. The Hall–Kier alpha value is -3.52. The molecule has 0 aliphatic carbocycles. The van der Waals surface area contributed by atoms with Crippen LogP contribution in [0.15, 0.2) is 21.9 Å². The fourth-order valence-corrected chi connectivity index (χ4v) is 7.44. The maximum absolute atomic E-state index is 13.2. The molecular formula is C44H76N4O10. The van der Waals surface area contributed by atoms with Gasteiger partial charge in [-0.25, -0.2) is 9.59 Å². The molecule has 1 aliphatic rings. The van der Waals surface area contributed by atoms with E-state index < -0.39 is 65.6 Å². The van der Waals surface area contributed by atoms with Crippen LogP contribution in [-0.2, 0) is 33.4 Å². The number of carboxylic acids is 1. The number of aromatic amines is 1. The number of hydrogen-bond acceptors (Lipinski definition) is 10. The molecule has 0 saturated carbocycles. The quantitative estimate of drug-likeness (QED) is 0.0296. The molecule has 0 radical (unpaired) electrons. The van der Waals surface area contributed by atoms with Gasteiger partial charge in [-0.05, 0) is 12.8 Å².